The van der Waals surface area contributed by atoms with Crippen molar-refractivity contribution in [3.8, 4) is 0 Å². The van der Waals surface area contributed by atoms with Crippen LogP contribution in [-0.4, -0.2) is 41.0 Å². The van der Waals surface area contributed by atoms with Crippen LogP contribution in [0, 0.1) is 0 Å². The molecular formula is C15H24N2O3. The molecule has 5 heteroatoms. The Morgan fingerprint density at radius 1 is 1.25 bits per heavy atom. The first-order valence-electron chi connectivity index (χ1n) is 7.24. The summed E-state index contributed by atoms with van der Waals surface area (Å²) in [5.74, 6) is -0.471. The zero-order valence-electron chi connectivity index (χ0n) is 12.6. The molecule has 0 saturated carbocycles. The first-order valence-corrected chi connectivity index (χ1v) is 7.24. The Morgan fingerprint density at radius 3 is 2.60 bits per heavy atom. The van der Waals surface area contributed by atoms with Crippen molar-refractivity contribution in [1.82, 2.24) is 9.47 Å². The second-order valence-corrected chi connectivity index (χ2v) is 4.62. The molecule has 0 aliphatic rings. The van der Waals surface area contributed by atoms with Gasteiger partial charge in [0.1, 0.15) is 12.2 Å². The Hall–Kier alpha value is -1.78. The second-order valence-electron chi connectivity index (χ2n) is 4.62. The van der Waals surface area contributed by atoms with E-state index in [0.717, 1.165) is 19.4 Å². The number of rotatable bonds is 8. The molecule has 0 saturated heterocycles. The number of amides is 1. The fourth-order valence-corrected chi connectivity index (χ4v) is 2.09. The third kappa shape index (κ3) is 4.40. The van der Waals surface area contributed by atoms with Crippen molar-refractivity contribution in [2.45, 2.75) is 40.2 Å². The Labute approximate surface area is 120 Å². The topological polar surface area (TPSA) is 51.5 Å². The molecule has 1 aromatic rings. The van der Waals surface area contributed by atoms with E-state index in [0.29, 0.717) is 18.8 Å². The summed E-state index contributed by atoms with van der Waals surface area (Å²) in [6.45, 7) is 7.50. The van der Waals surface area contributed by atoms with Crippen LogP contribution in [0.25, 0.3) is 0 Å². The molecule has 5 nitrogen and oxygen atoms in total. The molecule has 0 aromatic carbocycles. The third-order valence-corrected chi connectivity index (χ3v) is 2.92. The van der Waals surface area contributed by atoms with E-state index in [1.165, 1.54) is 0 Å². The van der Waals surface area contributed by atoms with Crippen molar-refractivity contribution in [2.75, 3.05) is 19.7 Å². The molecule has 1 aromatic heterocycles. The molecule has 1 heterocycles. The van der Waals surface area contributed by atoms with E-state index in [4.69, 9.17) is 4.74 Å². The molecule has 0 bridgehead atoms. The van der Waals surface area contributed by atoms with Crippen molar-refractivity contribution < 1.29 is 14.3 Å². The molecule has 0 fully saturated rings. The minimum absolute atomic E-state index is 0.0117. The Morgan fingerprint density at radius 2 is 2.00 bits per heavy atom. The Kier molecular flexibility index (Phi) is 6.84. The maximum atomic E-state index is 12.5. The molecule has 0 atom stereocenters. The number of aryl methyl sites for hydroxylation is 1. The van der Waals surface area contributed by atoms with E-state index in [9.17, 15) is 9.59 Å². The van der Waals surface area contributed by atoms with Gasteiger partial charge in [0.05, 0.1) is 6.61 Å². The van der Waals surface area contributed by atoms with Gasteiger partial charge in [-0.2, -0.15) is 0 Å². The van der Waals surface area contributed by atoms with Crippen LogP contribution < -0.4 is 0 Å². The number of ether oxygens (including phenoxy) is 1. The van der Waals surface area contributed by atoms with Gasteiger partial charge in [-0.15, -0.1) is 0 Å². The lowest BCUT2D eigenvalue weighted by Crippen LogP contribution is -2.38. The largest absolute Gasteiger partial charge is 0.465 e. The van der Waals surface area contributed by atoms with Gasteiger partial charge in [-0.25, -0.2) is 0 Å². The van der Waals surface area contributed by atoms with Crippen molar-refractivity contribution in [2.24, 2.45) is 0 Å². The summed E-state index contributed by atoms with van der Waals surface area (Å²) in [5, 5.41) is 0. The summed E-state index contributed by atoms with van der Waals surface area (Å²) >= 11 is 0. The van der Waals surface area contributed by atoms with E-state index >= 15 is 0 Å². The molecule has 0 aliphatic heterocycles. The number of hydrogen-bond donors (Lipinski definition) is 0. The summed E-state index contributed by atoms with van der Waals surface area (Å²) in [5.41, 5.74) is 0.629. The first-order chi connectivity index (χ1) is 9.63. The lowest BCUT2D eigenvalue weighted by atomic mass is 10.3. The van der Waals surface area contributed by atoms with Crippen molar-refractivity contribution in [1.29, 1.82) is 0 Å². The van der Waals surface area contributed by atoms with E-state index < -0.39 is 0 Å². The molecule has 0 radical (unpaired) electrons. The number of aromatic nitrogens is 1. The fraction of sp³-hybridized carbons (Fsp3) is 0.600. The quantitative estimate of drug-likeness (QED) is 0.687. The molecule has 1 rings (SSSR count). The highest BCUT2D eigenvalue weighted by molar-refractivity contribution is 5.94. The summed E-state index contributed by atoms with van der Waals surface area (Å²) < 4.78 is 6.85. The standard InChI is InChI=1S/C15H24N2O3/c1-4-9-16-11-7-8-13(16)15(19)17(10-5-2)12-14(18)20-6-3/h7-8,11H,4-6,9-10,12H2,1-3H3. The van der Waals surface area contributed by atoms with Crippen molar-refractivity contribution in [3.05, 3.63) is 24.0 Å². The van der Waals surface area contributed by atoms with Crippen LogP contribution in [0.2, 0.25) is 0 Å². The lowest BCUT2D eigenvalue weighted by Gasteiger charge is -2.21. The monoisotopic (exact) mass is 280 g/mol. The highest BCUT2D eigenvalue weighted by Gasteiger charge is 2.21. The number of esters is 1. The smallest absolute Gasteiger partial charge is 0.325 e. The predicted octanol–water partition coefficient (Wildman–Crippen LogP) is 2.31. The van der Waals surface area contributed by atoms with E-state index in [-0.39, 0.29) is 18.4 Å². The summed E-state index contributed by atoms with van der Waals surface area (Å²) in [6, 6.07) is 3.66. The first kappa shape index (κ1) is 16.3. The SMILES string of the molecule is CCCN(CC(=O)OCC)C(=O)c1cccn1CCC. The number of carbonyl (C=O) groups excluding carboxylic acids is 2. The van der Waals surface area contributed by atoms with Crippen molar-refractivity contribution >= 4 is 11.9 Å². The lowest BCUT2D eigenvalue weighted by molar-refractivity contribution is -0.143. The minimum atomic E-state index is -0.358. The van der Waals surface area contributed by atoms with Gasteiger partial charge in [0.25, 0.3) is 5.91 Å². The summed E-state index contributed by atoms with van der Waals surface area (Å²) in [7, 11) is 0. The van der Waals surface area contributed by atoms with Crippen molar-refractivity contribution in [3.63, 3.8) is 0 Å². The van der Waals surface area contributed by atoms with Gasteiger partial charge in [0.2, 0.25) is 0 Å². The third-order valence-electron chi connectivity index (χ3n) is 2.92. The zero-order chi connectivity index (χ0) is 15.0. The van der Waals surface area contributed by atoms with Gasteiger partial charge in [-0.3, -0.25) is 9.59 Å². The molecular weight excluding hydrogens is 256 g/mol. The molecule has 1 amide bonds. The van der Waals surface area contributed by atoms with Crippen LogP contribution in [0.15, 0.2) is 18.3 Å². The number of carbonyl (C=O) groups is 2. The molecule has 0 aliphatic carbocycles. The van der Waals surface area contributed by atoms with Gasteiger partial charge >= 0.3 is 5.97 Å². The van der Waals surface area contributed by atoms with Gasteiger partial charge < -0.3 is 14.2 Å². The number of nitrogens with zero attached hydrogens (tertiary/aromatic N) is 2. The van der Waals surface area contributed by atoms with Crippen LogP contribution in [0.3, 0.4) is 0 Å². The van der Waals surface area contributed by atoms with Gasteiger partial charge in [-0.05, 0) is 31.9 Å². The Balaban J connectivity index is 2.82. The second kappa shape index (κ2) is 8.40. The van der Waals surface area contributed by atoms with Crippen LogP contribution >= 0.6 is 0 Å². The minimum Gasteiger partial charge on any atom is -0.465 e. The van der Waals surface area contributed by atoms with Crippen LogP contribution in [0.4, 0.5) is 0 Å². The summed E-state index contributed by atoms with van der Waals surface area (Å²) in [4.78, 5) is 25.7. The fourth-order valence-electron chi connectivity index (χ4n) is 2.09. The molecule has 0 spiro atoms. The predicted molar refractivity (Wildman–Crippen MR) is 77.6 cm³/mol. The average Bonchev–Trinajstić information content (AvgIpc) is 2.86. The highest BCUT2D eigenvalue weighted by Crippen LogP contribution is 2.09. The van der Waals surface area contributed by atoms with Crippen LogP contribution in [-0.2, 0) is 16.1 Å². The van der Waals surface area contributed by atoms with Crippen LogP contribution in [0.5, 0.6) is 0 Å². The normalized spacial score (nSPS) is 10.3. The molecule has 112 valence electrons. The van der Waals surface area contributed by atoms with E-state index in [1.54, 1.807) is 17.9 Å². The number of hydrogen-bond acceptors (Lipinski definition) is 3. The van der Waals surface area contributed by atoms with E-state index in [2.05, 4.69) is 6.92 Å². The highest BCUT2D eigenvalue weighted by atomic mass is 16.5. The Bertz CT molecular complexity index is 440. The zero-order valence-corrected chi connectivity index (χ0v) is 12.6. The maximum Gasteiger partial charge on any atom is 0.325 e. The van der Waals surface area contributed by atoms with Gasteiger partial charge in [-0.1, -0.05) is 13.8 Å². The average molecular weight is 280 g/mol. The summed E-state index contributed by atoms with van der Waals surface area (Å²) in [6.07, 6.45) is 3.66. The molecule has 0 unspecified atom stereocenters. The molecule has 0 N–H and O–H groups in total. The molecule has 20 heavy (non-hydrogen) atoms. The maximum absolute atomic E-state index is 12.5. The van der Waals surface area contributed by atoms with Crippen LogP contribution in [0.1, 0.15) is 44.1 Å². The van der Waals surface area contributed by atoms with Gasteiger partial charge in [0, 0.05) is 19.3 Å². The van der Waals surface area contributed by atoms with E-state index in [1.807, 2.05) is 23.8 Å². The van der Waals surface area contributed by atoms with Gasteiger partial charge in [0.15, 0.2) is 0 Å².